The van der Waals surface area contributed by atoms with Crippen LogP contribution in [0.5, 0.6) is 0 Å². The molecule has 2 N–H and O–H groups in total. The highest BCUT2D eigenvalue weighted by atomic mass is 35.5. The van der Waals surface area contributed by atoms with Crippen LogP contribution in [-0.4, -0.2) is 18.5 Å². The molecular formula is C23H20ClN3O2. The lowest BCUT2D eigenvalue weighted by Crippen LogP contribution is -2.29. The van der Waals surface area contributed by atoms with Crippen molar-refractivity contribution < 1.29 is 9.59 Å². The maximum atomic E-state index is 12.9. The largest absolute Gasteiger partial charge is 0.323 e. The number of benzene rings is 3. The van der Waals surface area contributed by atoms with Crippen LogP contribution in [-0.2, 0) is 6.42 Å². The molecule has 4 rings (SSSR count). The van der Waals surface area contributed by atoms with Gasteiger partial charge in [0.15, 0.2) is 0 Å². The van der Waals surface area contributed by atoms with E-state index in [0.29, 0.717) is 28.5 Å². The van der Waals surface area contributed by atoms with Crippen LogP contribution in [0.3, 0.4) is 0 Å². The number of nitrogens with zero attached hydrogens (tertiary/aromatic N) is 1. The van der Waals surface area contributed by atoms with E-state index in [9.17, 15) is 9.59 Å². The van der Waals surface area contributed by atoms with E-state index < -0.39 is 0 Å². The van der Waals surface area contributed by atoms with E-state index in [1.54, 1.807) is 23.1 Å². The number of carbonyl (C=O) groups is 2. The summed E-state index contributed by atoms with van der Waals surface area (Å²) in [5, 5.41) is 6.24. The Morgan fingerprint density at radius 3 is 2.55 bits per heavy atom. The smallest absolute Gasteiger partial charge is 0.308 e. The molecule has 0 aromatic heterocycles. The van der Waals surface area contributed by atoms with Crippen molar-refractivity contribution in [1.82, 2.24) is 0 Å². The molecule has 0 radical (unpaired) electrons. The third kappa shape index (κ3) is 3.96. The molecule has 29 heavy (non-hydrogen) atoms. The fourth-order valence-electron chi connectivity index (χ4n) is 3.43. The summed E-state index contributed by atoms with van der Waals surface area (Å²) in [4.78, 5) is 27.1. The van der Waals surface area contributed by atoms with Crippen molar-refractivity contribution >= 4 is 40.6 Å². The highest BCUT2D eigenvalue weighted by Crippen LogP contribution is 2.32. The molecule has 6 heteroatoms. The number of rotatable bonds is 3. The quantitative estimate of drug-likeness (QED) is 0.604. The van der Waals surface area contributed by atoms with Gasteiger partial charge in [0.1, 0.15) is 0 Å². The van der Waals surface area contributed by atoms with Gasteiger partial charge in [-0.15, -0.1) is 0 Å². The number of urea groups is 1. The summed E-state index contributed by atoms with van der Waals surface area (Å²) in [6.45, 7) is 2.47. The van der Waals surface area contributed by atoms with Gasteiger partial charge in [-0.2, -0.15) is 0 Å². The topological polar surface area (TPSA) is 61.4 Å². The second-order valence-electron chi connectivity index (χ2n) is 6.91. The fraction of sp³-hybridized carbons (Fsp3) is 0.130. The minimum absolute atomic E-state index is 0.0412. The number of fused-ring (bicyclic) bond motifs is 1. The van der Waals surface area contributed by atoms with E-state index in [1.807, 2.05) is 55.5 Å². The van der Waals surface area contributed by atoms with Crippen molar-refractivity contribution in [2.45, 2.75) is 13.3 Å². The van der Waals surface area contributed by atoms with Crippen molar-refractivity contribution in [2.75, 3.05) is 22.1 Å². The lowest BCUT2D eigenvalue weighted by molar-refractivity contribution is 0.0989. The van der Waals surface area contributed by atoms with Crippen molar-refractivity contribution in [3.63, 3.8) is 0 Å². The maximum Gasteiger partial charge on any atom is 0.323 e. The molecule has 1 heterocycles. The summed E-state index contributed by atoms with van der Waals surface area (Å²) in [6.07, 6.45) is 0.794. The second kappa shape index (κ2) is 7.97. The number of anilines is 3. The maximum absolute atomic E-state index is 12.9. The van der Waals surface area contributed by atoms with Crippen LogP contribution in [0.25, 0.3) is 0 Å². The Balaban J connectivity index is 1.51. The van der Waals surface area contributed by atoms with Gasteiger partial charge in [-0.25, -0.2) is 4.79 Å². The molecule has 5 nitrogen and oxygen atoms in total. The zero-order chi connectivity index (χ0) is 20.4. The molecule has 3 aromatic carbocycles. The van der Waals surface area contributed by atoms with Crippen molar-refractivity contribution in [1.29, 1.82) is 0 Å². The number of carbonyl (C=O) groups excluding carboxylic acids is 2. The van der Waals surface area contributed by atoms with E-state index >= 15 is 0 Å². The average Bonchev–Trinajstić information content (AvgIpc) is 3.15. The van der Waals surface area contributed by atoms with Gasteiger partial charge in [0, 0.05) is 34.2 Å². The Morgan fingerprint density at radius 1 is 0.966 bits per heavy atom. The number of halogens is 1. The first-order valence-corrected chi connectivity index (χ1v) is 9.73. The lowest BCUT2D eigenvalue weighted by atomic mass is 10.1. The highest BCUT2D eigenvalue weighted by Gasteiger charge is 2.26. The molecule has 3 amide bonds. The monoisotopic (exact) mass is 405 g/mol. The minimum atomic E-state index is -0.366. The molecule has 0 bridgehead atoms. The third-order valence-electron chi connectivity index (χ3n) is 5.02. The molecule has 0 aliphatic carbocycles. The normalized spacial score (nSPS) is 12.4. The van der Waals surface area contributed by atoms with Gasteiger partial charge in [-0.3, -0.25) is 4.79 Å². The van der Waals surface area contributed by atoms with Crippen LogP contribution in [0.4, 0.5) is 21.9 Å². The molecule has 3 aromatic rings. The summed E-state index contributed by atoms with van der Waals surface area (Å²) in [7, 11) is 0. The fourth-order valence-corrected chi connectivity index (χ4v) is 3.61. The van der Waals surface area contributed by atoms with Gasteiger partial charge in [0.25, 0.3) is 5.91 Å². The standard InChI is InChI=1S/C23H20ClN3O2/c1-15-19(24)8-5-9-20(15)26-23(29)25-18-11-10-16-12-13-27(21(16)14-18)22(28)17-6-3-2-4-7-17/h2-11,14H,12-13H2,1H3,(H2,25,26,29). The molecule has 0 saturated carbocycles. The first-order chi connectivity index (χ1) is 14.0. The summed E-state index contributed by atoms with van der Waals surface area (Å²) in [6, 6.07) is 19.8. The molecule has 0 unspecified atom stereocenters. The van der Waals surface area contributed by atoms with Gasteiger partial charge >= 0.3 is 6.03 Å². The number of hydrogen-bond acceptors (Lipinski definition) is 2. The van der Waals surface area contributed by atoms with Crippen molar-refractivity contribution in [3.8, 4) is 0 Å². The van der Waals surface area contributed by atoms with Gasteiger partial charge in [0.2, 0.25) is 0 Å². The zero-order valence-electron chi connectivity index (χ0n) is 15.9. The minimum Gasteiger partial charge on any atom is -0.308 e. The van der Waals surface area contributed by atoms with Gasteiger partial charge < -0.3 is 15.5 Å². The van der Waals surface area contributed by atoms with Crippen LogP contribution in [0.2, 0.25) is 5.02 Å². The Kier molecular flexibility index (Phi) is 5.23. The molecule has 146 valence electrons. The predicted molar refractivity (Wildman–Crippen MR) is 117 cm³/mol. The van der Waals surface area contributed by atoms with E-state index in [4.69, 9.17) is 11.6 Å². The van der Waals surface area contributed by atoms with E-state index in [0.717, 1.165) is 23.2 Å². The molecule has 1 aliphatic heterocycles. The predicted octanol–water partition coefficient (Wildman–Crippen LogP) is 5.50. The first-order valence-electron chi connectivity index (χ1n) is 9.36. The number of amides is 3. The molecule has 1 aliphatic rings. The second-order valence-corrected chi connectivity index (χ2v) is 7.32. The van der Waals surface area contributed by atoms with Crippen LogP contribution in [0.15, 0.2) is 66.7 Å². The molecular weight excluding hydrogens is 386 g/mol. The van der Waals surface area contributed by atoms with E-state index in [2.05, 4.69) is 10.6 Å². The van der Waals surface area contributed by atoms with Crippen LogP contribution in [0, 0.1) is 6.92 Å². The summed E-state index contributed by atoms with van der Waals surface area (Å²) in [5.74, 6) is -0.0412. The molecule has 0 atom stereocenters. The Labute approximate surface area is 174 Å². The average molecular weight is 406 g/mol. The number of nitrogens with one attached hydrogen (secondary N) is 2. The Morgan fingerprint density at radius 2 is 1.76 bits per heavy atom. The van der Waals surface area contributed by atoms with Gasteiger partial charge in [-0.1, -0.05) is 41.9 Å². The summed E-state index contributed by atoms with van der Waals surface area (Å²) >= 11 is 6.11. The van der Waals surface area contributed by atoms with Crippen LogP contribution >= 0.6 is 11.6 Å². The SMILES string of the molecule is Cc1c(Cl)cccc1NC(=O)Nc1ccc2c(c1)N(C(=O)c1ccccc1)CC2. The first kappa shape index (κ1) is 19.0. The Hall–Kier alpha value is -3.31. The highest BCUT2D eigenvalue weighted by molar-refractivity contribution is 6.31. The third-order valence-corrected chi connectivity index (χ3v) is 5.43. The zero-order valence-corrected chi connectivity index (χ0v) is 16.7. The van der Waals surface area contributed by atoms with Crippen LogP contribution < -0.4 is 15.5 Å². The molecule has 0 fully saturated rings. The van der Waals surface area contributed by atoms with E-state index in [1.165, 1.54) is 0 Å². The number of hydrogen-bond donors (Lipinski definition) is 2. The lowest BCUT2D eigenvalue weighted by Gasteiger charge is -2.18. The summed E-state index contributed by atoms with van der Waals surface area (Å²) in [5.41, 5.74) is 4.64. The van der Waals surface area contributed by atoms with Crippen molar-refractivity contribution in [2.24, 2.45) is 0 Å². The van der Waals surface area contributed by atoms with Crippen molar-refractivity contribution in [3.05, 3.63) is 88.4 Å². The summed E-state index contributed by atoms with van der Waals surface area (Å²) < 4.78 is 0. The van der Waals surface area contributed by atoms with Gasteiger partial charge in [-0.05, 0) is 60.9 Å². The molecule has 0 saturated heterocycles. The van der Waals surface area contributed by atoms with Crippen LogP contribution in [0.1, 0.15) is 21.5 Å². The van der Waals surface area contributed by atoms with E-state index in [-0.39, 0.29) is 11.9 Å². The van der Waals surface area contributed by atoms with Gasteiger partial charge in [0.05, 0.1) is 0 Å². The Bertz CT molecular complexity index is 1080. The molecule has 0 spiro atoms.